The van der Waals surface area contributed by atoms with E-state index >= 15 is 0 Å². The minimum atomic E-state index is -2.68. The van der Waals surface area contributed by atoms with Crippen molar-refractivity contribution in [3.63, 3.8) is 0 Å². The highest BCUT2D eigenvalue weighted by Gasteiger charge is 2.20. The molecule has 1 aromatic rings. The van der Waals surface area contributed by atoms with Crippen LogP contribution in [-0.4, -0.2) is 19.8 Å². The van der Waals surface area contributed by atoms with E-state index < -0.39 is 6.72 Å². The van der Waals surface area contributed by atoms with Crippen molar-refractivity contribution in [2.24, 2.45) is 0 Å². The van der Waals surface area contributed by atoms with E-state index in [1.54, 1.807) is 12.1 Å². The lowest BCUT2D eigenvalue weighted by molar-refractivity contribution is 0.218. The van der Waals surface area contributed by atoms with Gasteiger partial charge >= 0.3 is 6.72 Å². The van der Waals surface area contributed by atoms with Gasteiger partial charge in [-0.1, -0.05) is 0 Å². The molecule has 18 heavy (non-hydrogen) atoms. The van der Waals surface area contributed by atoms with Crippen LogP contribution in [0.2, 0.25) is 0 Å². The number of benzene rings is 1. The quantitative estimate of drug-likeness (QED) is 0.681. The van der Waals surface area contributed by atoms with Gasteiger partial charge in [-0.05, 0) is 45.0 Å². The van der Waals surface area contributed by atoms with Gasteiger partial charge in [0.15, 0.2) is 0 Å². The van der Waals surface area contributed by atoms with Gasteiger partial charge in [-0.2, -0.15) is 0 Å². The first-order valence-corrected chi connectivity index (χ1v) is 8.50. The van der Waals surface area contributed by atoms with Gasteiger partial charge in [-0.3, -0.25) is 9.05 Å². The Morgan fingerprint density at radius 2 is 1.39 bits per heavy atom. The van der Waals surface area contributed by atoms with Gasteiger partial charge in [0.25, 0.3) is 0 Å². The summed E-state index contributed by atoms with van der Waals surface area (Å²) in [5.74, 6) is 1.43. The first-order valence-electron chi connectivity index (χ1n) is 5.95. The van der Waals surface area contributed by atoms with Gasteiger partial charge in [-0.25, -0.2) is 0 Å². The number of rotatable bonds is 8. The van der Waals surface area contributed by atoms with Gasteiger partial charge < -0.3 is 9.26 Å². The molecule has 0 fully saturated rings. The first-order chi connectivity index (χ1) is 8.63. The summed E-state index contributed by atoms with van der Waals surface area (Å²) in [4.78, 5) is 0. The van der Waals surface area contributed by atoms with E-state index in [9.17, 15) is 0 Å². The van der Waals surface area contributed by atoms with Crippen LogP contribution in [0.1, 0.15) is 20.8 Å². The average Bonchev–Trinajstić information content (AvgIpc) is 2.32. The highest BCUT2D eigenvalue weighted by molar-refractivity contribution is 8.07. The Morgan fingerprint density at radius 3 is 1.83 bits per heavy atom. The van der Waals surface area contributed by atoms with Crippen LogP contribution in [0.3, 0.4) is 0 Å². The molecule has 0 saturated heterocycles. The van der Waals surface area contributed by atoms with Crippen LogP contribution in [0.25, 0.3) is 0 Å². The van der Waals surface area contributed by atoms with Gasteiger partial charge in [0.1, 0.15) is 11.5 Å². The Morgan fingerprint density at radius 1 is 0.889 bits per heavy atom. The Hall–Kier alpha value is -0.610. The lowest BCUT2D eigenvalue weighted by Crippen LogP contribution is -2.02. The summed E-state index contributed by atoms with van der Waals surface area (Å²) in [6.07, 6.45) is 0. The molecule has 0 saturated carbocycles. The summed E-state index contributed by atoms with van der Waals surface area (Å²) in [6, 6.07) is 7.25. The second kappa shape index (κ2) is 7.74. The zero-order valence-corrected chi connectivity index (χ0v) is 12.6. The van der Waals surface area contributed by atoms with Crippen molar-refractivity contribution < 1.29 is 18.3 Å². The van der Waals surface area contributed by atoms with Crippen molar-refractivity contribution in [3.8, 4) is 11.5 Å². The topological polar surface area (TPSA) is 36.9 Å². The number of hydrogen-bond donors (Lipinski definition) is 0. The van der Waals surface area contributed by atoms with Gasteiger partial charge in [0.05, 0.1) is 19.8 Å². The second-order valence-electron chi connectivity index (χ2n) is 3.28. The molecule has 0 radical (unpaired) electrons. The first kappa shape index (κ1) is 15.4. The van der Waals surface area contributed by atoms with Gasteiger partial charge in [-0.15, -0.1) is 0 Å². The van der Waals surface area contributed by atoms with Crippen LogP contribution in [0.4, 0.5) is 0 Å². The third kappa shape index (κ3) is 4.94. The molecule has 1 rings (SSSR count). The van der Waals surface area contributed by atoms with Crippen molar-refractivity contribution in [1.82, 2.24) is 0 Å². The van der Waals surface area contributed by atoms with Gasteiger partial charge in [0.2, 0.25) is 0 Å². The fraction of sp³-hybridized carbons (Fsp3) is 0.500. The Kier molecular flexibility index (Phi) is 6.65. The van der Waals surface area contributed by atoms with E-state index in [2.05, 4.69) is 0 Å². The fourth-order valence-corrected chi connectivity index (χ4v) is 3.38. The van der Waals surface area contributed by atoms with Crippen LogP contribution in [0.5, 0.6) is 11.5 Å². The number of ether oxygens (including phenoxy) is 1. The molecule has 0 aliphatic carbocycles. The molecule has 0 spiro atoms. The van der Waals surface area contributed by atoms with Crippen LogP contribution in [0, 0.1) is 0 Å². The minimum absolute atomic E-state index is 0.467. The van der Waals surface area contributed by atoms with E-state index in [4.69, 9.17) is 30.1 Å². The zero-order chi connectivity index (χ0) is 13.4. The monoisotopic (exact) mass is 290 g/mol. The van der Waals surface area contributed by atoms with Gasteiger partial charge in [0, 0.05) is 11.8 Å². The van der Waals surface area contributed by atoms with E-state index in [1.807, 2.05) is 32.9 Å². The highest BCUT2D eigenvalue weighted by atomic mass is 32.5. The normalized spacial score (nSPS) is 11.3. The molecule has 0 heterocycles. The standard InChI is InChI=1S/C12H19O4PS/c1-4-13-11-7-9-12(10-8-11)16-17(18,14-5-2)15-6-3/h7-10H,4-6H2,1-3H3. The van der Waals surface area contributed by atoms with Crippen LogP contribution in [0.15, 0.2) is 24.3 Å². The summed E-state index contributed by atoms with van der Waals surface area (Å²) < 4.78 is 21.8. The van der Waals surface area contributed by atoms with Crippen LogP contribution >= 0.6 is 6.72 Å². The van der Waals surface area contributed by atoms with Crippen molar-refractivity contribution in [2.45, 2.75) is 20.8 Å². The third-order valence-corrected chi connectivity index (χ3v) is 4.37. The lowest BCUT2D eigenvalue weighted by Gasteiger charge is -2.21. The maximum atomic E-state index is 5.64. The van der Waals surface area contributed by atoms with Crippen molar-refractivity contribution in [3.05, 3.63) is 24.3 Å². The molecular formula is C12H19O4PS. The van der Waals surface area contributed by atoms with E-state index in [0.29, 0.717) is 25.6 Å². The minimum Gasteiger partial charge on any atom is -0.494 e. The molecular weight excluding hydrogens is 271 g/mol. The molecule has 102 valence electrons. The Labute approximate surface area is 113 Å². The molecule has 6 heteroatoms. The van der Waals surface area contributed by atoms with Crippen LogP contribution < -0.4 is 9.26 Å². The fourth-order valence-electron chi connectivity index (χ4n) is 1.30. The predicted molar refractivity (Wildman–Crippen MR) is 75.8 cm³/mol. The van der Waals surface area contributed by atoms with Crippen molar-refractivity contribution in [2.75, 3.05) is 19.8 Å². The maximum absolute atomic E-state index is 5.64. The van der Waals surface area contributed by atoms with E-state index in [-0.39, 0.29) is 0 Å². The smallest absolute Gasteiger partial charge is 0.380 e. The van der Waals surface area contributed by atoms with Crippen LogP contribution in [-0.2, 0) is 20.9 Å². The van der Waals surface area contributed by atoms with E-state index in [0.717, 1.165) is 5.75 Å². The highest BCUT2D eigenvalue weighted by Crippen LogP contribution is 2.49. The molecule has 0 unspecified atom stereocenters. The van der Waals surface area contributed by atoms with Crippen molar-refractivity contribution in [1.29, 1.82) is 0 Å². The molecule has 4 nitrogen and oxygen atoms in total. The molecule has 0 bridgehead atoms. The largest absolute Gasteiger partial charge is 0.494 e. The third-order valence-electron chi connectivity index (χ3n) is 1.93. The predicted octanol–water partition coefficient (Wildman–Crippen LogP) is 3.76. The molecule has 0 aromatic heterocycles. The molecule has 0 aliphatic rings. The summed E-state index contributed by atoms with van der Waals surface area (Å²) in [5, 5.41) is 0. The molecule has 0 N–H and O–H groups in total. The van der Waals surface area contributed by atoms with E-state index in [1.165, 1.54) is 0 Å². The van der Waals surface area contributed by atoms with Crippen molar-refractivity contribution >= 4 is 18.5 Å². The summed E-state index contributed by atoms with van der Waals surface area (Å²) in [5.41, 5.74) is 0. The summed E-state index contributed by atoms with van der Waals surface area (Å²) in [6.45, 7) is 4.55. The Balaban J connectivity index is 2.71. The zero-order valence-electron chi connectivity index (χ0n) is 10.9. The SMILES string of the molecule is CCOc1ccc(OP(=S)(OCC)OCC)cc1. The average molecular weight is 290 g/mol. The summed E-state index contributed by atoms with van der Waals surface area (Å²) >= 11 is 5.28. The second-order valence-corrected chi connectivity index (χ2v) is 6.21. The molecule has 0 atom stereocenters. The molecule has 1 aromatic carbocycles. The molecule has 0 amide bonds. The Bertz CT molecular complexity index is 384. The summed E-state index contributed by atoms with van der Waals surface area (Å²) in [7, 11) is 0. The maximum Gasteiger partial charge on any atom is 0.380 e. The number of hydrogen-bond acceptors (Lipinski definition) is 5. The molecule has 0 aliphatic heterocycles. The lowest BCUT2D eigenvalue weighted by atomic mass is 10.3.